The minimum absolute atomic E-state index is 0.0122. The lowest BCUT2D eigenvalue weighted by Gasteiger charge is -2.00. The lowest BCUT2D eigenvalue weighted by Crippen LogP contribution is -2.08. The summed E-state index contributed by atoms with van der Waals surface area (Å²) >= 11 is 5.53. The lowest BCUT2D eigenvalue weighted by atomic mass is 10.4. The van der Waals surface area contributed by atoms with E-state index in [0.717, 1.165) is 6.33 Å². The van der Waals surface area contributed by atoms with Crippen LogP contribution >= 0.6 is 11.6 Å². The van der Waals surface area contributed by atoms with Crippen LogP contribution in [0.5, 0.6) is 0 Å². The molecule has 1 rings (SSSR count). The molecule has 0 aliphatic rings. The van der Waals surface area contributed by atoms with Gasteiger partial charge in [-0.25, -0.2) is 9.97 Å². The number of nitrogens with zero attached hydrogens (tertiary/aromatic N) is 2. The third-order valence-corrected chi connectivity index (χ3v) is 1.54. The van der Waals surface area contributed by atoms with Crippen molar-refractivity contribution in [2.45, 2.75) is 6.54 Å². The molecule has 60 valence electrons. The predicted molar refractivity (Wildman–Crippen MR) is 39.8 cm³/mol. The quantitative estimate of drug-likeness (QED) is 0.682. The first kappa shape index (κ1) is 8.36. The van der Waals surface area contributed by atoms with E-state index in [1.807, 2.05) is 0 Å². The molecule has 1 heterocycles. The third-order valence-electron chi connectivity index (χ3n) is 1.16. The Bertz CT molecular complexity index is 254. The van der Waals surface area contributed by atoms with Crippen LogP contribution in [0.25, 0.3) is 0 Å². The van der Waals surface area contributed by atoms with Crippen LogP contribution in [0.15, 0.2) is 6.33 Å². The molecule has 5 heteroatoms. The van der Waals surface area contributed by atoms with Gasteiger partial charge < -0.3 is 5.32 Å². The molecule has 0 saturated heterocycles. The van der Waals surface area contributed by atoms with Gasteiger partial charge in [-0.2, -0.15) is 4.39 Å². The standard InChI is InChI=1S/C6H7ClFN3/c1-9-2-4-5(7)6(8)11-3-10-4/h3,9H,2H2,1H3. The van der Waals surface area contributed by atoms with Gasteiger partial charge in [0, 0.05) is 6.54 Å². The fourth-order valence-electron chi connectivity index (χ4n) is 0.672. The van der Waals surface area contributed by atoms with Crippen molar-refractivity contribution in [2.75, 3.05) is 7.05 Å². The molecule has 0 atom stereocenters. The van der Waals surface area contributed by atoms with E-state index in [-0.39, 0.29) is 5.02 Å². The van der Waals surface area contributed by atoms with Gasteiger partial charge in [0.05, 0.1) is 5.69 Å². The predicted octanol–water partition coefficient (Wildman–Crippen LogP) is 0.988. The van der Waals surface area contributed by atoms with E-state index in [4.69, 9.17) is 11.6 Å². The summed E-state index contributed by atoms with van der Waals surface area (Å²) in [7, 11) is 1.73. The van der Waals surface area contributed by atoms with Crippen molar-refractivity contribution < 1.29 is 4.39 Å². The van der Waals surface area contributed by atoms with Gasteiger partial charge in [0.15, 0.2) is 0 Å². The van der Waals surface area contributed by atoms with Crippen molar-refractivity contribution in [3.05, 3.63) is 23.0 Å². The Balaban J connectivity index is 2.96. The summed E-state index contributed by atoms with van der Waals surface area (Å²) in [5.41, 5.74) is 0.474. The highest BCUT2D eigenvalue weighted by atomic mass is 35.5. The Hall–Kier alpha value is -0.740. The number of hydrogen-bond acceptors (Lipinski definition) is 3. The van der Waals surface area contributed by atoms with E-state index in [2.05, 4.69) is 15.3 Å². The first-order valence-corrected chi connectivity index (χ1v) is 3.43. The average Bonchev–Trinajstić information content (AvgIpc) is 1.99. The molecular weight excluding hydrogens is 169 g/mol. The Labute approximate surface area is 68.6 Å². The number of rotatable bonds is 2. The average molecular weight is 176 g/mol. The van der Waals surface area contributed by atoms with Gasteiger partial charge in [-0.1, -0.05) is 11.6 Å². The number of halogens is 2. The maximum absolute atomic E-state index is 12.6. The van der Waals surface area contributed by atoms with Crippen molar-refractivity contribution in [3.63, 3.8) is 0 Å². The van der Waals surface area contributed by atoms with Gasteiger partial charge in [-0.3, -0.25) is 0 Å². The normalized spacial score (nSPS) is 10.1. The van der Waals surface area contributed by atoms with Gasteiger partial charge in [0.25, 0.3) is 0 Å². The molecule has 0 unspecified atom stereocenters. The number of aromatic nitrogens is 2. The summed E-state index contributed by atoms with van der Waals surface area (Å²) in [4.78, 5) is 7.07. The van der Waals surface area contributed by atoms with Crippen LogP contribution in [0.3, 0.4) is 0 Å². The van der Waals surface area contributed by atoms with Gasteiger partial charge in [-0.05, 0) is 7.05 Å². The van der Waals surface area contributed by atoms with Crippen LogP contribution in [0.1, 0.15) is 5.69 Å². The molecule has 0 aromatic carbocycles. The van der Waals surface area contributed by atoms with Crippen LogP contribution in [0.4, 0.5) is 4.39 Å². The Morgan fingerprint density at radius 3 is 3.00 bits per heavy atom. The molecule has 0 amide bonds. The van der Waals surface area contributed by atoms with Crippen LogP contribution in [0.2, 0.25) is 5.02 Å². The SMILES string of the molecule is CNCc1ncnc(F)c1Cl. The van der Waals surface area contributed by atoms with Crippen LogP contribution < -0.4 is 5.32 Å². The summed E-state index contributed by atoms with van der Waals surface area (Å²) in [5, 5.41) is 2.80. The zero-order chi connectivity index (χ0) is 8.27. The summed E-state index contributed by atoms with van der Waals surface area (Å²) in [6.07, 6.45) is 1.15. The molecule has 1 aromatic rings. The molecule has 3 nitrogen and oxygen atoms in total. The van der Waals surface area contributed by atoms with Gasteiger partial charge in [-0.15, -0.1) is 0 Å². The fraction of sp³-hybridized carbons (Fsp3) is 0.333. The van der Waals surface area contributed by atoms with Crippen molar-refractivity contribution in [2.24, 2.45) is 0 Å². The monoisotopic (exact) mass is 175 g/mol. The van der Waals surface area contributed by atoms with Gasteiger partial charge >= 0.3 is 0 Å². The van der Waals surface area contributed by atoms with Crippen molar-refractivity contribution in [1.29, 1.82) is 0 Å². The van der Waals surface area contributed by atoms with Crippen molar-refractivity contribution in [3.8, 4) is 0 Å². The van der Waals surface area contributed by atoms with E-state index in [1.165, 1.54) is 0 Å². The first-order chi connectivity index (χ1) is 5.25. The molecule has 11 heavy (non-hydrogen) atoms. The molecule has 0 aliphatic heterocycles. The molecule has 1 aromatic heterocycles. The molecular formula is C6H7ClFN3. The van der Waals surface area contributed by atoms with Gasteiger partial charge in [0.1, 0.15) is 11.3 Å². The minimum Gasteiger partial charge on any atom is -0.314 e. The second-order valence-electron chi connectivity index (χ2n) is 1.96. The summed E-state index contributed by atoms with van der Waals surface area (Å²) in [6, 6.07) is 0. The highest BCUT2D eigenvalue weighted by molar-refractivity contribution is 6.31. The number of hydrogen-bond donors (Lipinski definition) is 1. The summed E-state index contributed by atoms with van der Waals surface area (Å²) in [6.45, 7) is 0.443. The minimum atomic E-state index is -0.674. The summed E-state index contributed by atoms with van der Waals surface area (Å²) in [5.74, 6) is -0.674. The van der Waals surface area contributed by atoms with Gasteiger partial charge in [0.2, 0.25) is 5.95 Å². The van der Waals surface area contributed by atoms with Crippen LogP contribution in [-0.2, 0) is 6.54 Å². The highest BCUT2D eigenvalue weighted by Crippen LogP contribution is 2.14. The molecule has 0 aliphatic carbocycles. The Morgan fingerprint density at radius 1 is 1.64 bits per heavy atom. The maximum Gasteiger partial charge on any atom is 0.235 e. The molecule has 0 spiro atoms. The van der Waals surface area contributed by atoms with Crippen LogP contribution in [0, 0.1) is 5.95 Å². The smallest absolute Gasteiger partial charge is 0.235 e. The maximum atomic E-state index is 12.6. The lowest BCUT2D eigenvalue weighted by molar-refractivity contribution is 0.573. The van der Waals surface area contributed by atoms with Crippen LogP contribution in [-0.4, -0.2) is 17.0 Å². The first-order valence-electron chi connectivity index (χ1n) is 3.05. The summed E-state index contributed by atoms with van der Waals surface area (Å²) < 4.78 is 12.6. The van der Waals surface area contributed by atoms with E-state index in [9.17, 15) is 4.39 Å². The topological polar surface area (TPSA) is 37.8 Å². The van der Waals surface area contributed by atoms with Crippen molar-refractivity contribution in [1.82, 2.24) is 15.3 Å². The fourth-order valence-corrected chi connectivity index (χ4v) is 0.837. The van der Waals surface area contributed by atoms with E-state index in [1.54, 1.807) is 7.05 Å². The molecule has 0 bridgehead atoms. The second kappa shape index (κ2) is 3.59. The van der Waals surface area contributed by atoms with Crippen molar-refractivity contribution >= 4 is 11.6 Å². The molecule has 1 N–H and O–H groups in total. The second-order valence-corrected chi connectivity index (χ2v) is 2.33. The molecule has 0 radical (unpaired) electrons. The zero-order valence-corrected chi connectivity index (χ0v) is 6.69. The Morgan fingerprint density at radius 2 is 2.36 bits per heavy atom. The van der Waals surface area contributed by atoms with E-state index >= 15 is 0 Å². The molecule has 0 saturated carbocycles. The zero-order valence-electron chi connectivity index (χ0n) is 5.93. The highest BCUT2D eigenvalue weighted by Gasteiger charge is 2.06. The van der Waals surface area contributed by atoms with E-state index in [0.29, 0.717) is 12.2 Å². The molecule has 0 fully saturated rings. The Kier molecular flexibility index (Phi) is 2.73. The largest absolute Gasteiger partial charge is 0.314 e. The van der Waals surface area contributed by atoms with E-state index < -0.39 is 5.95 Å². The number of nitrogens with one attached hydrogen (secondary N) is 1. The third kappa shape index (κ3) is 1.85.